The van der Waals surface area contributed by atoms with Crippen LogP contribution in [0.1, 0.15) is 5.69 Å². The van der Waals surface area contributed by atoms with Crippen molar-refractivity contribution in [3.63, 3.8) is 0 Å². The first-order valence-electron chi connectivity index (χ1n) is 7.38. The number of hydrogen-bond donors (Lipinski definition) is 1. The largest absolute Gasteiger partial charge is 0.494 e. The minimum Gasteiger partial charge on any atom is -0.494 e. The predicted octanol–water partition coefficient (Wildman–Crippen LogP) is 3.07. The highest BCUT2D eigenvalue weighted by Crippen LogP contribution is 2.36. The number of aryl methyl sites for hydroxylation is 1. The molecular weight excluding hydrogens is 446 g/mol. The molecule has 1 aromatic carbocycles. The molecule has 1 amide bonds. The molecule has 0 bridgehead atoms. The third kappa shape index (κ3) is 4.73. The number of hydrogen-bond acceptors (Lipinski definition) is 5. The highest BCUT2D eigenvalue weighted by molar-refractivity contribution is 9.10. The van der Waals surface area contributed by atoms with Crippen LogP contribution in [0.15, 0.2) is 39.7 Å². The molecule has 7 nitrogen and oxygen atoms in total. The van der Waals surface area contributed by atoms with Gasteiger partial charge in [0.05, 0.1) is 18.1 Å². The molecule has 0 saturated heterocycles. The molecule has 0 unspecified atom stereocenters. The fraction of sp³-hybridized carbons (Fsp3) is 0.250. The molecule has 1 heterocycles. The lowest BCUT2D eigenvalue weighted by atomic mass is 10.3. The van der Waals surface area contributed by atoms with E-state index in [0.29, 0.717) is 10.3 Å². The summed E-state index contributed by atoms with van der Waals surface area (Å²) in [5.74, 6) is -0.0554. The monoisotopic (exact) mass is 461 g/mol. The predicted molar refractivity (Wildman–Crippen MR) is 103 cm³/mol. The van der Waals surface area contributed by atoms with Crippen molar-refractivity contribution in [2.75, 3.05) is 26.0 Å². The van der Waals surface area contributed by atoms with Crippen LogP contribution in [0.5, 0.6) is 5.75 Å². The zero-order chi connectivity index (χ0) is 19.5. The molecule has 0 aliphatic heterocycles. The summed E-state index contributed by atoms with van der Waals surface area (Å²) in [6.45, 7) is 1.39. The van der Waals surface area contributed by atoms with E-state index in [2.05, 4.69) is 26.2 Å². The maximum Gasteiger partial charge on any atom is 0.247 e. The Morgan fingerprint density at radius 2 is 2.08 bits per heavy atom. The van der Waals surface area contributed by atoms with Gasteiger partial charge in [0.2, 0.25) is 15.9 Å². The standard InChI is InChI=1S/C16H17BrClN3O4S/c1-10-5-4-6-14(19-10)20-15(22)9-21(2)26(23,24)13-8-11(18)7-12(17)16(13)25-3/h4-8H,9H2,1-3H3,(H,19,20,22). The fourth-order valence-corrected chi connectivity index (χ4v) is 4.67. The molecule has 0 aliphatic carbocycles. The van der Waals surface area contributed by atoms with Gasteiger partial charge in [-0.05, 0) is 47.1 Å². The number of benzene rings is 1. The van der Waals surface area contributed by atoms with Crippen molar-refractivity contribution in [1.29, 1.82) is 0 Å². The van der Waals surface area contributed by atoms with Crippen LogP contribution in [0, 0.1) is 6.92 Å². The third-order valence-electron chi connectivity index (χ3n) is 3.39. The summed E-state index contributed by atoms with van der Waals surface area (Å²) in [6.07, 6.45) is 0. The molecule has 0 spiro atoms. The molecule has 0 fully saturated rings. The number of sulfonamides is 1. The van der Waals surface area contributed by atoms with Gasteiger partial charge in [-0.15, -0.1) is 0 Å². The Kier molecular flexibility index (Phi) is 6.62. The lowest BCUT2D eigenvalue weighted by Gasteiger charge is -2.19. The summed E-state index contributed by atoms with van der Waals surface area (Å²) in [7, 11) is -1.36. The van der Waals surface area contributed by atoms with Crippen LogP contribution in [0.25, 0.3) is 0 Å². The number of nitrogens with one attached hydrogen (secondary N) is 1. The number of aromatic nitrogens is 1. The van der Waals surface area contributed by atoms with Crippen molar-refractivity contribution < 1.29 is 17.9 Å². The van der Waals surface area contributed by atoms with Gasteiger partial charge < -0.3 is 10.1 Å². The Bertz CT molecular complexity index is 937. The Morgan fingerprint density at radius 3 is 2.69 bits per heavy atom. The number of halogens is 2. The molecule has 1 N–H and O–H groups in total. The molecular formula is C16H17BrClN3O4S. The molecule has 1 aromatic heterocycles. The first-order valence-corrected chi connectivity index (χ1v) is 9.99. The second kappa shape index (κ2) is 8.34. The van der Waals surface area contributed by atoms with Crippen LogP contribution in [-0.2, 0) is 14.8 Å². The Balaban J connectivity index is 2.23. The van der Waals surface area contributed by atoms with Gasteiger partial charge in [-0.3, -0.25) is 4.79 Å². The van der Waals surface area contributed by atoms with Gasteiger partial charge >= 0.3 is 0 Å². The zero-order valence-corrected chi connectivity index (χ0v) is 17.4. The third-order valence-corrected chi connectivity index (χ3v) is 6.00. The number of likely N-dealkylation sites (N-methyl/N-ethyl adjacent to an activating group) is 1. The summed E-state index contributed by atoms with van der Waals surface area (Å²) in [5, 5.41) is 2.79. The van der Waals surface area contributed by atoms with Crippen LogP contribution in [0.2, 0.25) is 5.02 Å². The van der Waals surface area contributed by atoms with E-state index in [1.165, 1.54) is 26.3 Å². The van der Waals surface area contributed by atoms with E-state index >= 15 is 0 Å². The van der Waals surface area contributed by atoms with Gasteiger partial charge in [0.25, 0.3) is 0 Å². The smallest absolute Gasteiger partial charge is 0.247 e. The van der Waals surface area contributed by atoms with E-state index in [4.69, 9.17) is 16.3 Å². The van der Waals surface area contributed by atoms with Crippen molar-refractivity contribution in [2.45, 2.75) is 11.8 Å². The quantitative estimate of drug-likeness (QED) is 0.713. The number of carbonyl (C=O) groups is 1. The van der Waals surface area contributed by atoms with E-state index in [0.717, 1.165) is 10.00 Å². The topological polar surface area (TPSA) is 88.6 Å². The summed E-state index contributed by atoms with van der Waals surface area (Å²) >= 11 is 9.18. The van der Waals surface area contributed by atoms with E-state index in [9.17, 15) is 13.2 Å². The molecule has 26 heavy (non-hydrogen) atoms. The zero-order valence-electron chi connectivity index (χ0n) is 14.3. The number of carbonyl (C=O) groups excluding carboxylic acids is 1. The number of amides is 1. The van der Waals surface area contributed by atoms with E-state index in [1.807, 2.05) is 0 Å². The van der Waals surface area contributed by atoms with Crippen LogP contribution in [-0.4, -0.2) is 44.3 Å². The van der Waals surface area contributed by atoms with Crippen molar-refractivity contribution in [3.05, 3.63) is 45.5 Å². The van der Waals surface area contributed by atoms with Gasteiger partial charge in [-0.1, -0.05) is 17.7 Å². The molecule has 0 aliphatic rings. The summed E-state index contributed by atoms with van der Waals surface area (Å²) in [5.41, 5.74) is 0.734. The first kappa shape index (κ1) is 20.6. The van der Waals surface area contributed by atoms with Gasteiger partial charge in [-0.2, -0.15) is 4.31 Å². The normalized spacial score (nSPS) is 11.5. The first-order chi connectivity index (χ1) is 12.1. The maximum absolute atomic E-state index is 12.8. The molecule has 10 heteroatoms. The van der Waals surface area contributed by atoms with Crippen LogP contribution in [0.3, 0.4) is 0 Å². The maximum atomic E-state index is 12.8. The molecule has 140 valence electrons. The Hall–Kier alpha value is -1.68. The van der Waals surface area contributed by atoms with Crippen molar-refractivity contribution in [2.24, 2.45) is 0 Å². The Labute approximate surface area is 165 Å². The van der Waals surface area contributed by atoms with Crippen LogP contribution < -0.4 is 10.1 Å². The lowest BCUT2D eigenvalue weighted by molar-refractivity contribution is -0.116. The average molecular weight is 463 g/mol. The second-order valence-corrected chi connectivity index (χ2v) is 8.70. The molecule has 0 atom stereocenters. The van der Waals surface area contributed by atoms with Gasteiger partial charge in [0.1, 0.15) is 10.7 Å². The van der Waals surface area contributed by atoms with E-state index < -0.39 is 22.5 Å². The number of rotatable bonds is 6. The molecule has 2 rings (SSSR count). The number of pyridine rings is 1. The highest BCUT2D eigenvalue weighted by atomic mass is 79.9. The number of methoxy groups -OCH3 is 1. The van der Waals surface area contributed by atoms with Crippen molar-refractivity contribution in [1.82, 2.24) is 9.29 Å². The van der Waals surface area contributed by atoms with E-state index in [-0.39, 0.29) is 15.7 Å². The molecule has 2 aromatic rings. The molecule has 0 radical (unpaired) electrons. The van der Waals surface area contributed by atoms with E-state index in [1.54, 1.807) is 25.1 Å². The summed E-state index contributed by atoms with van der Waals surface area (Å²) < 4.78 is 32.1. The van der Waals surface area contributed by atoms with Gasteiger partial charge in [0, 0.05) is 17.8 Å². The SMILES string of the molecule is COc1c(Br)cc(Cl)cc1S(=O)(=O)N(C)CC(=O)Nc1cccc(C)n1. The highest BCUT2D eigenvalue weighted by Gasteiger charge is 2.28. The summed E-state index contributed by atoms with van der Waals surface area (Å²) in [4.78, 5) is 16.2. The van der Waals surface area contributed by atoms with Crippen molar-refractivity contribution >= 4 is 49.3 Å². The minimum absolute atomic E-state index is 0.113. The van der Waals surface area contributed by atoms with Crippen molar-refractivity contribution in [3.8, 4) is 5.75 Å². The van der Waals surface area contributed by atoms with Gasteiger partial charge in [0.15, 0.2) is 5.75 Å². The lowest BCUT2D eigenvalue weighted by Crippen LogP contribution is -2.35. The number of anilines is 1. The molecule has 0 saturated carbocycles. The fourth-order valence-electron chi connectivity index (χ4n) is 2.18. The van der Waals surface area contributed by atoms with Gasteiger partial charge in [-0.25, -0.2) is 13.4 Å². The van der Waals surface area contributed by atoms with Crippen LogP contribution in [0.4, 0.5) is 5.82 Å². The Morgan fingerprint density at radius 1 is 1.38 bits per heavy atom. The number of ether oxygens (including phenoxy) is 1. The minimum atomic E-state index is -4.01. The summed E-state index contributed by atoms with van der Waals surface area (Å²) in [6, 6.07) is 7.95. The number of nitrogens with zero attached hydrogens (tertiary/aromatic N) is 2. The average Bonchev–Trinajstić information content (AvgIpc) is 2.53. The second-order valence-electron chi connectivity index (χ2n) is 5.39. The van der Waals surface area contributed by atoms with Crippen LogP contribution >= 0.6 is 27.5 Å².